The van der Waals surface area contributed by atoms with E-state index in [1.54, 1.807) is 0 Å². The number of amides is 1. The van der Waals surface area contributed by atoms with Gasteiger partial charge in [0, 0.05) is 19.6 Å². The van der Waals surface area contributed by atoms with E-state index >= 15 is 0 Å². The molecule has 1 amide bonds. The highest BCUT2D eigenvalue weighted by Gasteiger charge is 2.31. The van der Waals surface area contributed by atoms with Crippen LogP contribution in [-0.2, 0) is 0 Å². The Kier molecular flexibility index (Phi) is 3.09. The van der Waals surface area contributed by atoms with Crippen molar-refractivity contribution in [1.29, 1.82) is 0 Å². The van der Waals surface area contributed by atoms with Gasteiger partial charge in [-0.25, -0.2) is 0 Å². The van der Waals surface area contributed by atoms with Gasteiger partial charge in [0.15, 0.2) is 5.75 Å². The quantitative estimate of drug-likeness (QED) is 0.842. The van der Waals surface area contributed by atoms with Gasteiger partial charge in [-0.3, -0.25) is 4.79 Å². The molecule has 1 aromatic rings. The third-order valence-corrected chi connectivity index (χ3v) is 4.18. The predicted molar refractivity (Wildman–Crippen MR) is 74.7 cm³/mol. The van der Waals surface area contributed by atoms with Gasteiger partial charge in [-0.2, -0.15) is 0 Å². The number of hydrogen-bond acceptors (Lipinski definition) is 3. The molecule has 2 aliphatic rings. The first-order valence-electron chi connectivity index (χ1n) is 6.96. The molecule has 3 rings (SSSR count). The molecule has 2 atom stereocenters. The van der Waals surface area contributed by atoms with Crippen molar-refractivity contribution in [3.05, 3.63) is 23.8 Å². The molecule has 0 spiro atoms. The molecule has 1 N–H and O–H groups in total. The normalized spacial score (nSPS) is 25.5. The maximum Gasteiger partial charge on any atom is 0.257 e. The molecule has 1 aromatic carbocycles. The van der Waals surface area contributed by atoms with Crippen molar-refractivity contribution in [2.75, 3.05) is 31.6 Å². The fourth-order valence-corrected chi connectivity index (χ4v) is 2.80. The molecule has 4 heteroatoms. The van der Waals surface area contributed by atoms with Gasteiger partial charge in [0.05, 0.1) is 11.3 Å². The number of fused-ring (bicyclic) bond motifs is 1. The van der Waals surface area contributed by atoms with E-state index in [0.29, 0.717) is 29.8 Å². The first-order chi connectivity index (χ1) is 9.16. The smallest absolute Gasteiger partial charge is 0.257 e. The summed E-state index contributed by atoms with van der Waals surface area (Å²) in [5.74, 6) is 1.95. The van der Waals surface area contributed by atoms with E-state index in [0.717, 1.165) is 25.3 Å². The molecule has 4 nitrogen and oxygen atoms in total. The van der Waals surface area contributed by atoms with Gasteiger partial charge in [0.25, 0.3) is 5.91 Å². The van der Waals surface area contributed by atoms with Gasteiger partial charge in [0.2, 0.25) is 0 Å². The van der Waals surface area contributed by atoms with E-state index in [4.69, 9.17) is 4.74 Å². The molecule has 2 aliphatic heterocycles. The first kappa shape index (κ1) is 12.3. The molecular formula is C15H20N2O2. The van der Waals surface area contributed by atoms with Crippen molar-refractivity contribution in [2.24, 2.45) is 11.8 Å². The molecule has 0 saturated carbocycles. The number of carbonyl (C=O) groups is 1. The largest absolute Gasteiger partial charge is 0.489 e. The number of carbonyl (C=O) groups excluding carboxylic acids is 1. The van der Waals surface area contributed by atoms with Gasteiger partial charge in [-0.05, 0) is 24.0 Å². The summed E-state index contributed by atoms with van der Waals surface area (Å²) >= 11 is 0. The minimum absolute atomic E-state index is 0.0942. The summed E-state index contributed by atoms with van der Waals surface area (Å²) < 4.78 is 5.68. The number of likely N-dealkylation sites (tertiary alicyclic amines) is 1. The van der Waals surface area contributed by atoms with E-state index < -0.39 is 0 Å². The lowest BCUT2D eigenvalue weighted by Gasteiger charge is -2.23. The van der Waals surface area contributed by atoms with Crippen LogP contribution in [-0.4, -0.2) is 37.0 Å². The second kappa shape index (κ2) is 4.76. The summed E-state index contributed by atoms with van der Waals surface area (Å²) in [6.45, 7) is 7.51. The van der Waals surface area contributed by atoms with Crippen LogP contribution in [0.1, 0.15) is 24.2 Å². The zero-order chi connectivity index (χ0) is 13.4. The average molecular weight is 260 g/mol. The molecule has 102 valence electrons. The number of para-hydroxylation sites is 1. The maximum atomic E-state index is 12.6. The number of benzene rings is 1. The van der Waals surface area contributed by atoms with Crippen LogP contribution >= 0.6 is 0 Å². The lowest BCUT2D eigenvalue weighted by Crippen LogP contribution is -2.30. The fourth-order valence-electron chi connectivity index (χ4n) is 2.80. The Bertz CT molecular complexity index is 491. The van der Waals surface area contributed by atoms with Crippen molar-refractivity contribution < 1.29 is 9.53 Å². The highest BCUT2D eigenvalue weighted by Crippen LogP contribution is 2.33. The predicted octanol–water partition coefficient (Wildman–Crippen LogP) is 2.22. The summed E-state index contributed by atoms with van der Waals surface area (Å²) in [7, 11) is 0. The van der Waals surface area contributed by atoms with Crippen LogP contribution in [0, 0.1) is 11.8 Å². The van der Waals surface area contributed by atoms with Gasteiger partial charge in [-0.1, -0.05) is 19.9 Å². The van der Waals surface area contributed by atoms with Crippen molar-refractivity contribution in [3.63, 3.8) is 0 Å². The Morgan fingerprint density at radius 2 is 2.05 bits per heavy atom. The molecule has 0 radical (unpaired) electrons. The number of ether oxygens (including phenoxy) is 1. The van der Waals surface area contributed by atoms with Crippen LogP contribution in [0.3, 0.4) is 0 Å². The second-order valence-corrected chi connectivity index (χ2v) is 5.62. The van der Waals surface area contributed by atoms with Crippen LogP contribution in [0.2, 0.25) is 0 Å². The Morgan fingerprint density at radius 1 is 1.32 bits per heavy atom. The van der Waals surface area contributed by atoms with Crippen LogP contribution in [0.5, 0.6) is 5.75 Å². The van der Waals surface area contributed by atoms with Crippen molar-refractivity contribution in [3.8, 4) is 5.75 Å². The van der Waals surface area contributed by atoms with Crippen molar-refractivity contribution >= 4 is 11.6 Å². The van der Waals surface area contributed by atoms with E-state index in [-0.39, 0.29) is 5.91 Å². The monoisotopic (exact) mass is 260 g/mol. The Labute approximate surface area is 113 Å². The highest BCUT2D eigenvalue weighted by atomic mass is 16.5. The van der Waals surface area contributed by atoms with Gasteiger partial charge < -0.3 is 15.0 Å². The third kappa shape index (κ3) is 2.15. The molecule has 2 heterocycles. The molecule has 0 aliphatic carbocycles. The third-order valence-electron chi connectivity index (χ3n) is 4.18. The molecule has 1 fully saturated rings. The summed E-state index contributed by atoms with van der Waals surface area (Å²) in [6.07, 6.45) is 0. The van der Waals surface area contributed by atoms with Gasteiger partial charge >= 0.3 is 0 Å². The number of hydrogen-bond donors (Lipinski definition) is 1. The summed E-state index contributed by atoms with van der Waals surface area (Å²) in [5.41, 5.74) is 1.61. The zero-order valence-corrected chi connectivity index (χ0v) is 11.5. The fraction of sp³-hybridized carbons (Fsp3) is 0.533. The average Bonchev–Trinajstić information content (AvgIpc) is 2.77. The summed E-state index contributed by atoms with van der Waals surface area (Å²) in [5, 5.41) is 3.27. The summed E-state index contributed by atoms with van der Waals surface area (Å²) in [4.78, 5) is 14.6. The number of anilines is 1. The Hall–Kier alpha value is -1.71. The molecule has 19 heavy (non-hydrogen) atoms. The lowest BCUT2D eigenvalue weighted by molar-refractivity contribution is 0.0780. The van der Waals surface area contributed by atoms with Gasteiger partial charge in [-0.15, -0.1) is 0 Å². The number of nitrogens with zero attached hydrogens (tertiary/aromatic N) is 1. The molecule has 2 unspecified atom stereocenters. The molecule has 1 saturated heterocycles. The van der Waals surface area contributed by atoms with Crippen molar-refractivity contribution in [1.82, 2.24) is 4.90 Å². The number of rotatable bonds is 1. The standard InChI is InChI=1S/C15H20N2O2/c1-10-8-17(9-11(10)2)15(18)12-4-3-5-13-14(12)19-7-6-16-13/h3-5,10-11,16H,6-9H2,1-2H3. The Morgan fingerprint density at radius 3 is 2.79 bits per heavy atom. The zero-order valence-electron chi connectivity index (χ0n) is 11.5. The second-order valence-electron chi connectivity index (χ2n) is 5.62. The highest BCUT2D eigenvalue weighted by molar-refractivity contribution is 5.99. The topological polar surface area (TPSA) is 41.6 Å². The molecular weight excluding hydrogens is 240 g/mol. The first-order valence-corrected chi connectivity index (χ1v) is 6.96. The lowest BCUT2D eigenvalue weighted by atomic mass is 10.0. The molecule has 0 aromatic heterocycles. The van der Waals surface area contributed by atoms with Crippen LogP contribution in [0.25, 0.3) is 0 Å². The number of nitrogens with one attached hydrogen (secondary N) is 1. The maximum absolute atomic E-state index is 12.6. The van der Waals surface area contributed by atoms with Crippen LogP contribution < -0.4 is 10.1 Å². The minimum Gasteiger partial charge on any atom is -0.489 e. The van der Waals surface area contributed by atoms with E-state index in [1.165, 1.54) is 0 Å². The SMILES string of the molecule is CC1CN(C(=O)c2cccc3c2OCCN3)CC1C. The van der Waals surface area contributed by atoms with E-state index in [2.05, 4.69) is 19.2 Å². The summed E-state index contributed by atoms with van der Waals surface area (Å²) in [6, 6.07) is 5.74. The van der Waals surface area contributed by atoms with Crippen LogP contribution in [0.4, 0.5) is 5.69 Å². The van der Waals surface area contributed by atoms with E-state index in [1.807, 2.05) is 23.1 Å². The van der Waals surface area contributed by atoms with E-state index in [9.17, 15) is 4.79 Å². The van der Waals surface area contributed by atoms with Crippen LogP contribution in [0.15, 0.2) is 18.2 Å². The Balaban J connectivity index is 1.88. The molecule has 0 bridgehead atoms. The minimum atomic E-state index is 0.0942. The van der Waals surface area contributed by atoms with Gasteiger partial charge in [0.1, 0.15) is 6.61 Å². The van der Waals surface area contributed by atoms with Crippen molar-refractivity contribution in [2.45, 2.75) is 13.8 Å².